The number of Topliss-reactive ketones (excluding diaryl/α,β-unsaturated/α-hetero) is 1. The van der Waals surface area contributed by atoms with E-state index in [4.69, 9.17) is 0 Å². The van der Waals surface area contributed by atoms with Gasteiger partial charge in [-0.2, -0.15) is 0 Å². The molecule has 2 aliphatic rings. The number of carbonyl (C=O) groups excluding carboxylic acids is 1. The fraction of sp³-hybridized carbons (Fsp3) is 0.583. The van der Waals surface area contributed by atoms with Gasteiger partial charge in [-0.1, -0.05) is 23.8 Å². The minimum Gasteiger partial charge on any atom is -0.299 e. The highest BCUT2D eigenvalue weighted by Gasteiger charge is 2.29. The molecule has 0 spiro atoms. The molecule has 0 amide bonds. The van der Waals surface area contributed by atoms with Gasteiger partial charge in [-0.3, -0.25) is 4.79 Å². The lowest BCUT2D eigenvalue weighted by atomic mass is 9.80. The van der Waals surface area contributed by atoms with Gasteiger partial charge < -0.3 is 0 Å². The second kappa shape index (κ2) is 3.13. The van der Waals surface area contributed by atoms with Gasteiger partial charge in [0.1, 0.15) is 5.78 Å². The molecule has 0 N–H and O–H groups in total. The largest absolute Gasteiger partial charge is 0.299 e. The van der Waals surface area contributed by atoms with E-state index in [9.17, 15) is 4.79 Å². The second-order valence-corrected chi connectivity index (χ2v) is 4.39. The van der Waals surface area contributed by atoms with Crippen LogP contribution in [0.4, 0.5) is 0 Å². The molecule has 1 heteroatoms. The zero-order valence-corrected chi connectivity index (χ0v) is 8.18. The fourth-order valence-electron chi connectivity index (χ4n) is 2.44. The number of hydrogen-bond acceptors (Lipinski definition) is 1. The van der Waals surface area contributed by atoms with Gasteiger partial charge in [0.25, 0.3) is 0 Å². The van der Waals surface area contributed by atoms with Gasteiger partial charge in [-0.15, -0.1) is 0 Å². The fourth-order valence-corrected chi connectivity index (χ4v) is 2.44. The third kappa shape index (κ3) is 1.60. The molecule has 2 bridgehead atoms. The molecule has 0 heterocycles. The third-order valence-corrected chi connectivity index (χ3v) is 3.41. The number of rotatable bonds is 0. The lowest BCUT2D eigenvalue weighted by molar-refractivity contribution is -0.118. The topological polar surface area (TPSA) is 17.1 Å². The molecule has 0 saturated heterocycles. The molecular weight excluding hydrogens is 160 g/mol. The van der Waals surface area contributed by atoms with Crippen molar-refractivity contribution in [2.24, 2.45) is 11.8 Å². The first-order valence-electron chi connectivity index (χ1n) is 5.03. The maximum atomic E-state index is 11.5. The molecule has 1 saturated carbocycles. The molecular formula is C12H16O. The summed E-state index contributed by atoms with van der Waals surface area (Å²) in [5, 5.41) is 0. The highest BCUT2D eigenvalue weighted by atomic mass is 16.1. The Morgan fingerprint density at radius 2 is 2.23 bits per heavy atom. The van der Waals surface area contributed by atoms with Crippen molar-refractivity contribution in [1.82, 2.24) is 0 Å². The summed E-state index contributed by atoms with van der Waals surface area (Å²) >= 11 is 0. The van der Waals surface area contributed by atoms with E-state index in [-0.39, 0.29) is 0 Å². The van der Waals surface area contributed by atoms with Crippen molar-refractivity contribution >= 4 is 5.78 Å². The van der Waals surface area contributed by atoms with Crippen LogP contribution in [-0.4, -0.2) is 5.78 Å². The Labute approximate surface area is 79.5 Å². The predicted octanol–water partition coefficient (Wildman–Crippen LogP) is 2.88. The highest BCUT2D eigenvalue weighted by molar-refractivity contribution is 5.82. The predicted molar refractivity (Wildman–Crippen MR) is 53.4 cm³/mol. The molecule has 0 aromatic rings. The average molecular weight is 176 g/mol. The Hall–Kier alpha value is -0.850. The second-order valence-electron chi connectivity index (χ2n) is 4.39. The van der Waals surface area contributed by atoms with Crippen molar-refractivity contribution in [2.45, 2.75) is 32.6 Å². The van der Waals surface area contributed by atoms with E-state index in [2.05, 4.69) is 19.6 Å². The minimum atomic E-state index is 0.382. The summed E-state index contributed by atoms with van der Waals surface area (Å²) in [5.41, 5.74) is 2.58. The van der Waals surface area contributed by atoms with Gasteiger partial charge in [-0.05, 0) is 31.6 Å². The van der Waals surface area contributed by atoms with Crippen molar-refractivity contribution in [3.8, 4) is 0 Å². The summed E-state index contributed by atoms with van der Waals surface area (Å²) in [6.45, 7) is 6.18. The summed E-state index contributed by atoms with van der Waals surface area (Å²) < 4.78 is 0. The summed E-state index contributed by atoms with van der Waals surface area (Å²) in [6.07, 6.45) is 5.93. The molecule has 2 atom stereocenters. The summed E-state index contributed by atoms with van der Waals surface area (Å²) in [5.74, 6) is 1.48. The minimum absolute atomic E-state index is 0.382. The highest BCUT2D eigenvalue weighted by Crippen LogP contribution is 2.39. The van der Waals surface area contributed by atoms with Crippen molar-refractivity contribution in [3.63, 3.8) is 0 Å². The van der Waals surface area contributed by atoms with Crippen LogP contribution in [0.1, 0.15) is 32.6 Å². The van der Waals surface area contributed by atoms with E-state index in [1.165, 1.54) is 5.57 Å². The molecule has 2 rings (SSSR count). The van der Waals surface area contributed by atoms with Gasteiger partial charge in [0.15, 0.2) is 0 Å². The maximum Gasteiger partial charge on any atom is 0.137 e. The van der Waals surface area contributed by atoms with Crippen molar-refractivity contribution in [1.29, 1.82) is 0 Å². The Bertz CT molecular complexity index is 285. The van der Waals surface area contributed by atoms with Crippen molar-refractivity contribution in [3.05, 3.63) is 23.8 Å². The van der Waals surface area contributed by atoms with Crippen molar-refractivity contribution < 1.29 is 4.79 Å². The van der Waals surface area contributed by atoms with Crippen LogP contribution < -0.4 is 0 Å². The third-order valence-electron chi connectivity index (χ3n) is 3.41. The van der Waals surface area contributed by atoms with E-state index in [0.29, 0.717) is 24.0 Å². The lowest BCUT2D eigenvalue weighted by Gasteiger charge is -2.25. The molecule has 0 aliphatic heterocycles. The Morgan fingerprint density at radius 1 is 1.46 bits per heavy atom. The van der Waals surface area contributed by atoms with Crippen molar-refractivity contribution in [2.75, 3.05) is 0 Å². The zero-order valence-electron chi connectivity index (χ0n) is 8.18. The van der Waals surface area contributed by atoms with Crippen LogP contribution in [0.2, 0.25) is 0 Å². The summed E-state index contributed by atoms with van der Waals surface area (Å²) in [6, 6.07) is 0. The molecule has 70 valence electrons. The Kier molecular flexibility index (Phi) is 2.10. The van der Waals surface area contributed by atoms with Crippen LogP contribution in [0.5, 0.6) is 0 Å². The summed E-state index contributed by atoms with van der Waals surface area (Å²) in [7, 11) is 0. The van der Waals surface area contributed by atoms with Gasteiger partial charge in [0.2, 0.25) is 0 Å². The maximum absolute atomic E-state index is 11.5. The van der Waals surface area contributed by atoms with Gasteiger partial charge in [0.05, 0.1) is 0 Å². The normalized spacial score (nSPS) is 34.1. The van der Waals surface area contributed by atoms with Gasteiger partial charge in [-0.25, -0.2) is 0 Å². The molecule has 2 aliphatic carbocycles. The molecule has 1 fully saturated rings. The van der Waals surface area contributed by atoms with Crippen LogP contribution in [0, 0.1) is 11.8 Å². The first kappa shape index (κ1) is 8.74. The van der Waals surface area contributed by atoms with Crippen LogP contribution in [0.25, 0.3) is 0 Å². The average Bonchev–Trinajstić information content (AvgIpc) is 2.18. The van der Waals surface area contributed by atoms with E-state index >= 15 is 0 Å². The molecule has 1 nitrogen and oxygen atoms in total. The van der Waals surface area contributed by atoms with E-state index < -0.39 is 0 Å². The number of hydrogen-bond donors (Lipinski definition) is 0. The molecule has 0 aromatic carbocycles. The molecule has 0 radical (unpaired) electrons. The smallest absolute Gasteiger partial charge is 0.137 e. The number of allylic oxidation sites excluding steroid dienone is 3. The van der Waals surface area contributed by atoms with Gasteiger partial charge in [0, 0.05) is 12.8 Å². The monoisotopic (exact) mass is 176 g/mol. The Morgan fingerprint density at radius 3 is 3.00 bits per heavy atom. The van der Waals surface area contributed by atoms with Crippen LogP contribution >= 0.6 is 0 Å². The van der Waals surface area contributed by atoms with Crippen LogP contribution in [0.3, 0.4) is 0 Å². The summed E-state index contributed by atoms with van der Waals surface area (Å²) in [4.78, 5) is 11.5. The Balaban J connectivity index is 2.27. The zero-order chi connectivity index (χ0) is 9.42. The first-order chi connectivity index (χ1) is 6.16. The standard InChI is InChI=1S/C12H16O/c1-8-3-4-10-6-11(8)7-12(13)5-9(10)2/h3,10-11H,2,4-7H2,1H3. The SMILES string of the molecule is C=C1CC(=O)CC2CC1CC=C2C. The van der Waals surface area contributed by atoms with Crippen LogP contribution in [0.15, 0.2) is 23.8 Å². The quantitative estimate of drug-likeness (QED) is 0.519. The van der Waals surface area contributed by atoms with E-state index in [0.717, 1.165) is 24.8 Å². The number of fused-ring (bicyclic) bond motifs is 2. The number of carbonyl (C=O) groups is 1. The lowest BCUT2D eigenvalue weighted by Crippen LogP contribution is -2.13. The van der Waals surface area contributed by atoms with Crippen LogP contribution in [-0.2, 0) is 4.79 Å². The van der Waals surface area contributed by atoms with E-state index in [1.807, 2.05) is 0 Å². The first-order valence-corrected chi connectivity index (χ1v) is 5.03. The van der Waals surface area contributed by atoms with E-state index in [1.54, 1.807) is 0 Å². The molecule has 2 unspecified atom stereocenters. The molecule has 13 heavy (non-hydrogen) atoms. The van der Waals surface area contributed by atoms with Gasteiger partial charge >= 0.3 is 0 Å². The molecule has 0 aromatic heterocycles. The number of ketones is 1.